The molecular weight excluding hydrogens is 432 g/mol. The lowest BCUT2D eigenvalue weighted by molar-refractivity contribution is 0.0997. The molecule has 3 nitrogen and oxygen atoms in total. The fourth-order valence-electron chi connectivity index (χ4n) is 2.92. The molecule has 138 valence electrons. The number of thiazole rings is 1. The van der Waals surface area contributed by atoms with Crippen LogP contribution in [0.2, 0.25) is 0 Å². The number of halogens is 1. The Morgan fingerprint density at radius 1 is 0.929 bits per heavy atom. The summed E-state index contributed by atoms with van der Waals surface area (Å²) in [5.41, 5.74) is 4.79. The Morgan fingerprint density at radius 2 is 1.61 bits per heavy atom. The van der Waals surface area contributed by atoms with Crippen molar-refractivity contribution in [3.8, 4) is 16.9 Å². The lowest BCUT2D eigenvalue weighted by Crippen LogP contribution is -2.16. The molecular formula is C23H17BrN2OS. The number of rotatable bonds is 3. The van der Waals surface area contributed by atoms with Gasteiger partial charge in [-0.05, 0) is 52.7 Å². The van der Waals surface area contributed by atoms with Crippen LogP contribution in [0.1, 0.15) is 15.9 Å². The second kappa shape index (κ2) is 8.09. The summed E-state index contributed by atoms with van der Waals surface area (Å²) in [6, 6.07) is 25.7. The minimum Gasteiger partial charge on any atom is -0.285 e. The van der Waals surface area contributed by atoms with Gasteiger partial charge in [0.15, 0.2) is 4.80 Å². The number of hydrogen-bond donors (Lipinski definition) is 0. The van der Waals surface area contributed by atoms with Crippen LogP contribution in [0.25, 0.3) is 16.9 Å². The predicted molar refractivity (Wildman–Crippen MR) is 118 cm³/mol. The van der Waals surface area contributed by atoms with E-state index in [2.05, 4.69) is 64.2 Å². The molecule has 0 spiro atoms. The molecule has 0 aliphatic rings. The van der Waals surface area contributed by atoms with Crippen molar-refractivity contribution < 1.29 is 4.79 Å². The van der Waals surface area contributed by atoms with Gasteiger partial charge in [-0.1, -0.05) is 60.2 Å². The molecule has 28 heavy (non-hydrogen) atoms. The fourth-order valence-corrected chi connectivity index (χ4v) is 4.28. The van der Waals surface area contributed by atoms with Crippen LogP contribution in [0.4, 0.5) is 0 Å². The number of hydrogen-bond acceptors (Lipinski definition) is 2. The lowest BCUT2D eigenvalue weighted by Gasteiger charge is -2.09. The first-order valence-corrected chi connectivity index (χ1v) is 10.5. The molecule has 0 aliphatic carbocycles. The summed E-state index contributed by atoms with van der Waals surface area (Å²) in [6.45, 7) is 2.06. The predicted octanol–water partition coefficient (Wildman–Crippen LogP) is 6.02. The second-order valence-corrected chi connectivity index (χ2v) is 8.03. The number of benzene rings is 3. The first-order chi connectivity index (χ1) is 13.6. The fraction of sp³-hybridized carbons (Fsp3) is 0.0435. The van der Waals surface area contributed by atoms with Crippen LogP contribution in [0.5, 0.6) is 0 Å². The topological polar surface area (TPSA) is 34.4 Å². The van der Waals surface area contributed by atoms with Crippen molar-refractivity contribution in [2.45, 2.75) is 6.92 Å². The van der Waals surface area contributed by atoms with E-state index in [0.717, 1.165) is 21.4 Å². The van der Waals surface area contributed by atoms with Crippen molar-refractivity contribution in [3.63, 3.8) is 0 Å². The van der Waals surface area contributed by atoms with Gasteiger partial charge in [-0.25, -0.2) is 0 Å². The average molecular weight is 449 g/mol. The van der Waals surface area contributed by atoms with E-state index in [9.17, 15) is 4.79 Å². The molecule has 5 heteroatoms. The Labute approximate surface area is 175 Å². The molecule has 0 aliphatic heterocycles. The maximum absolute atomic E-state index is 12.8. The van der Waals surface area contributed by atoms with E-state index in [4.69, 9.17) is 0 Å². The van der Waals surface area contributed by atoms with Crippen molar-refractivity contribution in [2.24, 2.45) is 4.99 Å². The molecule has 0 saturated carbocycles. The molecule has 0 N–H and O–H groups in total. The third-order valence-corrected chi connectivity index (χ3v) is 5.89. The zero-order valence-electron chi connectivity index (χ0n) is 15.2. The molecule has 0 saturated heterocycles. The number of aromatic nitrogens is 1. The van der Waals surface area contributed by atoms with Crippen molar-refractivity contribution in [3.05, 3.63) is 105 Å². The van der Waals surface area contributed by atoms with Crippen molar-refractivity contribution >= 4 is 33.2 Å². The standard InChI is InChI=1S/C23H17BrN2OS/c1-16-11-13-18(14-12-16)26-21(17-7-3-2-4-8-17)15-28-23(26)25-22(27)19-9-5-6-10-20(19)24/h2-15H,1H3. The van der Waals surface area contributed by atoms with Crippen LogP contribution < -0.4 is 4.80 Å². The van der Waals surface area contributed by atoms with Gasteiger partial charge in [-0.3, -0.25) is 9.36 Å². The van der Waals surface area contributed by atoms with Gasteiger partial charge in [0.25, 0.3) is 5.91 Å². The SMILES string of the molecule is Cc1ccc(-n2c(-c3ccccc3)csc2=NC(=O)c2ccccc2Br)cc1. The third kappa shape index (κ3) is 3.77. The Balaban J connectivity index is 1.91. The van der Waals surface area contributed by atoms with E-state index >= 15 is 0 Å². The molecule has 0 atom stereocenters. The van der Waals surface area contributed by atoms with Gasteiger partial charge in [0.1, 0.15) is 0 Å². The summed E-state index contributed by atoms with van der Waals surface area (Å²) >= 11 is 4.90. The van der Waals surface area contributed by atoms with Gasteiger partial charge in [0.05, 0.1) is 11.3 Å². The van der Waals surface area contributed by atoms with E-state index in [-0.39, 0.29) is 5.91 Å². The molecule has 0 bridgehead atoms. The summed E-state index contributed by atoms with van der Waals surface area (Å²) in [6.07, 6.45) is 0. The zero-order chi connectivity index (χ0) is 19.5. The minimum absolute atomic E-state index is 0.269. The monoisotopic (exact) mass is 448 g/mol. The Morgan fingerprint density at radius 3 is 2.32 bits per heavy atom. The van der Waals surface area contributed by atoms with Crippen LogP contribution >= 0.6 is 27.3 Å². The average Bonchev–Trinajstić information content (AvgIpc) is 3.13. The number of nitrogens with zero attached hydrogens (tertiary/aromatic N) is 2. The molecule has 0 unspecified atom stereocenters. The quantitative estimate of drug-likeness (QED) is 0.377. The molecule has 3 aromatic carbocycles. The highest BCUT2D eigenvalue weighted by atomic mass is 79.9. The van der Waals surface area contributed by atoms with Gasteiger partial charge in [0.2, 0.25) is 0 Å². The van der Waals surface area contributed by atoms with E-state index < -0.39 is 0 Å². The zero-order valence-corrected chi connectivity index (χ0v) is 17.6. The van der Waals surface area contributed by atoms with Crippen LogP contribution in [0, 0.1) is 6.92 Å². The van der Waals surface area contributed by atoms with E-state index in [0.29, 0.717) is 10.4 Å². The Kier molecular flexibility index (Phi) is 5.37. The highest BCUT2D eigenvalue weighted by Crippen LogP contribution is 2.24. The van der Waals surface area contributed by atoms with Gasteiger partial charge in [-0.15, -0.1) is 11.3 Å². The first kappa shape index (κ1) is 18.6. The maximum atomic E-state index is 12.8. The smallest absolute Gasteiger partial charge is 0.280 e. The minimum atomic E-state index is -0.269. The largest absolute Gasteiger partial charge is 0.285 e. The summed E-state index contributed by atoms with van der Waals surface area (Å²) in [7, 11) is 0. The highest BCUT2D eigenvalue weighted by molar-refractivity contribution is 9.10. The van der Waals surface area contributed by atoms with Gasteiger partial charge >= 0.3 is 0 Å². The number of aryl methyl sites for hydroxylation is 1. The van der Waals surface area contributed by atoms with Crippen LogP contribution in [-0.2, 0) is 0 Å². The van der Waals surface area contributed by atoms with Gasteiger partial charge in [-0.2, -0.15) is 4.99 Å². The molecule has 4 aromatic rings. The summed E-state index contributed by atoms with van der Waals surface area (Å²) in [5, 5.41) is 2.04. The Hall–Kier alpha value is -2.76. The van der Waals surface area contributed by atoms with E-state index in [1.807, 2.05) is 46.3 Å². The number of carbonyl (C=O) groups is 1. The highest BCUT2D eigenvalue weighted by Gasteiger charge is 2.13. The van der Waals surface area contributed by atoms with E-state index in [1.54, 1.807) is 6.07 Å². The maximum Gasteiger partial charge on any atom is 0.280 e. The lowest BCUT2D eigenvalue weighted by atomic mass is 10.1. The second-order valence-electron chi connectivity index (χ2n) is 6.34. The Bertz CT molecular complexity index is 1190. The molecule has 0 fully saturated rings. The van der Waals surface area contributed by atoms with Crippen molar-refractivity contribution in [1.29, 1.82) is 0 Å². The molecule has 1 aromatic heterocycles. The van der Waals surface area contributed by atoms with E-state index in [1.165, 1.54) is 16.9 Å². The van der Waals surface area contributed by atoms with Crippen molar-refractivity contribution in [1.82, 2.24) is 4.57 Å². The van der Waals surface area contributed by atoms with Crippen LogP contribution in [0.15, 0.2) is 93.7 Å². The molecule has 1 amide bonds. The van der Waals surface area contributed by atoms with Gasteiger partial charge < -0.3 is 0 Å². The summed E-state index contributed by atoms with van der Waals surface area (Å²) < 4.78 is 2.78. The van der Waals surface area contributed by atoms with Gasteiger partial charge in [0, 0.05) is 15.5 Å². The molecule has 1 heterocycles. The van der Waals surface area contributed by atoms with Crippen molar-refractivity contribution in [2.75, 3.05) is 0 Å². The normalized spacial score (nSPS) is 11.6. The van der Waals surface area contributed by atoms with Crippen LogP contribution in [0.3, 0.4) is 0 Å². The number of carbonyl (C=O) groups excluding carboxylic acids is 1. The molecule has 4 rings (SSSR count). The first-order valence-electron chi connectivity index (χ1n) is 8.80. The number of amides is 1. The van der Waals surface area contributed by atoms with Crippen LogP contribution in [-0.4, -0.2) is 10.5 Å². The molecule has 0 radical (unpaired) electrons. The summed E-state index contributed by atoms with van der Waals surface area (Å²) in [4.78, 5) is 17.9. The third-order valence-electron chi connectivity index (χ3n) is 4.37. The summed E-state index contributed by atoms with van der Waals surface area (Å²) in [5.74, 6) is -0.269.